The lowest BCUT2D eigenvalue weighted by Crippen LogP contribution is -2.45. The standard InChI is InChI=1S/C28H33N3O5/c1-4-21-7-10-23(11-8-21)29-28(33)31(15-20(2)3)18-27(32)30(17-24-6-5-13-34-24)16-22-9-12-25-26(14-22)36-19-35-25/h5-14,20H,4,15-19H2,1-3H3,(H,29,33). The van der Waals surface area contributed by atoms with Gasteiger partial charge in [0.15, 0.2) is 11.5 Å². The molecule has 3 amide bonds. The maximum absolute atomic E-state index is 13.5. The Balaban J connectivity index is 1.49. The molecule has 0 radical (unpaired) electrons. The Morgan fingerprint density at radius 2 is 1.69 bits per heavy atom. The number of benzene rings is 2. The molecule has 4 rings (SSSR count). The molecule has 2 aromatic carbocycles. The van der Waals surface area contributed by atoms with Gasteiger partial charge in [-0.1, -0.05) is 39.0 Å². The number of carbonyl (C=O) groups excluding carboxylic acids is 2. The molecular formula is C28H33N3O5. The molecule has 1 aliphatic heterocycles. The highest BCUT2D eigenvalue weighted by molar-refractivity contribution is 5.92. The molecular weight excluding hydrogens is 458 g/mol. The molecule has 0 spiro atoms. The molecule has 0 bridgehead atoms. The Bertz CT molecular complexity index is 1160. The fourth-order valence-electron chi connectivity index (χ4n) is 4.03. The van der Waals surface area contributed by atoms with Crippen LogP contribution in [0, 0.1) is 5.92 Å². The Kier molecular flexibility index (Phi) is 8.15. The van der Waals surface area contributed by atoms with Gasteiger partial charge in [-0.05, 0) is 59.9 Å². The van der Waals surface area contributed by atoms with Crippen LogP contribution >= 0.6 is 0 Å². The normalized spacial score (nSPS) is 12.0. The number of furan rings is 1. The fraction of sp³-hybridized carbons (Fsp3) is 0.357. The van der Waals surface area contributed by atoms with Gasteiger partial charge in [0.25, 0.3) is 0 Å². The largest absolute Gasteiger partial charge is 0.467 e. The van der Waals surface area contributed by atoms with Crippen LogP contribution < -0.4 is 14.8 Å². The van der Waals surface area contributed by atoms with Crippen molar-refractivity contribution >= 4 is 17.6 Å². The van der Waals surface area contributed by atoms with Gasteiger partial charge >= 0.3 is 6.03 Å². The number of amides is 3. The lowest BCUT2D eigenvalue weighted by molar-refractivity contribution is -0.133. The molecule has 0 atom stereocenters. The predicted molar refractivity (Wildman–Crippen MR) is 137 cm³/mol. The number of rotatable bonds is 10. The van der Waals surface area contributed by atoms with Gasteiger partial charge in [0.2, 0.25) is 12.7 Å². The Morgan fingerprint density at radius 1 is 0.944 bits per heavy atom. The monoisotopic (exact) mass is 491 g/mol. The Morgan fingerprint density at radius 3 is 2.39 bits per heavy atom. The van der Waals surface area contributed by atoms with Gasteiger partial charge in [-0.15, -0.1) is 0 Å². The molecule has 0 fully saturated rings. The zero-order valence-electron chi connectivity index (χ0n) is 21.0. The van der Waals surface area contributed by atoms with Crippen molar-refractivity contribution in [3.05, 3.63) is 77.7 Å². The van der Waals surface area contributed by atoms with Crippen molar-refractivity contribution in [3.63, 3.8) is 0 Å². The van der Waals surface area contributed by atoms with Gasteiger partial charge in [0.1, 0.15) is 12.3 Å². The summed E-state index contributed by atoms with van der Waals surface area (Å²) in [5.74, 6) is 2.03. The van der Waals surface area contributed by atoms with Gasteiger partial charge in [0, 0.05) is 18.8 Å². The summed E-state index contributed by atoms with van der Waals surface area (Å²) < 4.78 is 16.4. The van der Waals surface area contributed by atoms with Gasteiger partial charge in [0.05, 0.1) is 12.8 Å². The number of nitrogens with one attached hydrogen (secondary N) is 1. The van der Waals surface area contributed by atoms with E-state index in [9.17, 15) is 9.59 Å². The molecule has 36 heavy (non-hydrogen) atoms. The first-order chi connectivity index (χ1) is 17.4. The summed E-state index contributed by atoms with van der Waals surface area (Å²) in [7, 11) is 0. The van der Waals surface area contributed by atoms with E-state index in [0.717, 1.165) is 12.0 Å². The Hall–Kier alpha value is -3.94. The molecule has 3 aromatic rings. The van der Waals surface area contributed by atoms with E-state index in [0.29, 0.717) is 36.0 Å². The summed E-state index contributed by atoms with van der Waals surface area (Å²) in [5, 5.41) is 2.93. The van der Waals surface area contributed by atoms with E-state index in [-0.39, 0.29) is 37.7 Å². The highest BCUT2D eigenvalue weighted by atomic mass is 16.7. The van der Waals surface area contributed by atoms with Crippen LogP contribution in [0.1, 0.15) is 37.7 Å². The second-order valence-corrected chi connectivity index (χ2v) is 9.27. The molecule has 0 unspecified atom stereocenters. The zero-order chi connectivity index (χ0) is 25.5. The van der Waals surface area contributed by atoms with Gasteiger partial charge in [-0.2, -0.15) is 0 Å². The summed E-state index contributed by atoms with van der Waals surface area (Å²) in [6, 6.07) is 16.7. The van der Waals surface area contributed by atoms with Crippen molar-refractivity contribution in [2.24, 2.45) is 5.92 Å². The van der Waals surface area contributed by atoms with Crippen LogP contribution in [0.25, 0.3) is 0 Å². The number of anilines is 1. The molecule has 190 valence electrons. The zero-order valence-corrected chi connectivity index (χ0v) is 21.0. The van der Waals surface area contributed by atoms with Crippen LogP contribution in [0.3, 0.4) is 0 Å². The van der Waals surface area contributed by atoms with Crippen LogP contribution in [-0.2, 0) is 24.3 Å². The number of hydrogen-bond donors (Lipinski definition) is 1. The third-order valence-corrected chi connectivity index (χ3v) is 5.90. The van der Waals surface area contributed by atoms with Crippen LogP contribution in [0.4, 0.5) is 10.5 Å². The second kappa shape index (κ2) is 11.7. The molecule has 1 aromatic heterocycles. The van der Waals surface area contributed by atoms with Crippen LogP contribution in [-0.4, -0.2) is 41.6 Å². The first kappa shape index (κ1) is 25.2. The fourth-order valence-corrected chi connectivity index (χ4v) is 4.03. The minimum Gasteiger partial charge on any atom is -0.467 e. The van der Waals surface area contributed by atoms with Crippen molar-refractivity contribution < 1.29 is 23.5 Å². The van der Waals surface area contributed by atoms with E-state index in [1.165, 1.54) is 5.56 Å². The van der Waals surface area contributed by atoms with Crippen molar-refractivity contribution in [2.45, 2.75) is 40.3 Å². The molecule has 0 aliphatic carbocycles. The summed E-state index contributed by atoms with van der Waals surface area (Å²) in [6.45, 7) is 7.34. The first-order valence-electron chi connectivity index (χ1n) is 12.2. The van der Waals surface area contributed by atoms with E-state index in [2.05, 4.69) is 12.2 Å². The lowest BCUT2D eigenvalue weighted by atomic mass is 10.1. The highest BCUT2D eigenvalue weighted by Crippen LogP contribution is 2.33. The maximum atomic E-state index is 13.5. The molecule has 1 aliphatic rings. The summed E-state index contributed by atoms with van der Waals surface area (Å²) in [4.78, 5) is 30.0. The van der Waals surface area contributed by atoms with Crippen molar-refractivity contribution in [3.8, 4) is 11.5 Å². The summed E-state index contributed by atoms with van der Waals surface area (Å²) in [5.41, 5.74) is 2.79. The van der Waals surface area contributed by atoms with E-state index < -0.39 is 0 Å². The molecule has 2 heterocycles. The van der Waals surface area contributed by atoms with Gasteiger partial charge < -0.3 is 29.0 Å². The molecule has 8 nitrogen and oxygen atoms in total. The lowest BCUT2D eigenvalue weighted by Gasteiger charge is -2.28. The van der Waals surface area contributed by atoms with E-state index >= 15 is 0 Å². The minimum absolute atomic E-state index is 0.0533. The minimum atomic E-state index is -0.303. The average molecular weight is 492 g/mol. The number of aryl methyl sites for hydroxylation is 1. The molecule has 0 saturated heterocycles. The molecule has 0 saturated carbocycles. The quantitative estimate of drug-likeness (QED) is 0.417. The van der Waals surface area contributed by atoms with Crippen molar-refractivity contribution in [1.82, 2.24) is 9.80 Å². The van der Waals surface area contributed by atoms with Crippen LogP contribution in [0.5, 0.6) is 11.5 Å². The van der Waals surface area contributed by atoms with E-state index in [1.54, 1.807) is 22.1 Å². The number of urea groups is 1. The average Bonchev–Trinajstić information content (AvgIpc) is 3.55. The molecule has 8 heteroatoms. The van der Waals surface area contributed by atoms with Crippen molar-refractivity contribution in [2.75, 3.05) is 25.2 Å². The summed E-state index contributed by atoms with van der Waals surface area (Å²) >= 11 is 0. The second-order valence-electron chi connectivity index (χ2n) is 9.27. The third-order valence-electron chi connectivity index (χ3n) is 5.90. The number of ether oxygens (including phenoxy) is 2. The van der Waals surface area contributed by atoms with Crippen molar-refractivity contribution in [1.29, 1.82) is 0 Å². The maximum Gasteiger partial charge on any atom is 0.322 e. The van der Waals surface area contributed by atoms with Gasteiger partial charge in [-0.25, -0.2) is 4.79 Å². The third kappa shape index (κ3) is 6.59. The number of fused-ring (bicyclic) bond motifs is 1. The van der Waals surface area contributed by atoms with Crippen LogP contribution in [0.2, 0.25) is 0 Å². The predicted octanol–water partition coefficient (Wildman–Crippen LogP) is 5.29. The number of nitrogens with zero attached hydrogens (tertiary/aromatic N) is 2. The van der Waals surface area contributed by atoms with Gasteiger partial charge in [-0.3, -0.25) is 4.79 Å². The van der Waals surface area contributed by atoms with E-state index in [1.807, 2.05) is 62.4 Å². The van der Waals surface area contributed by atoms with Crippen LogP contribution in [0.15, 0.2) is 65.3 Å². The summed E-state index contributed by atoms with van der Waals surface area (Å²) in [6.07, 6.45) is 2.51. The molecule has 1 N–H and O–H groups in total. The topological polar surface area (TPSA) is 84.3 Å². The number of hydrogen-bond acceptors (Lipinski definition) is 5. The number of carbonyl (C=O) groups is 2. The highest BCUT2D eigenvalue weighted by Gasteiger charge is 2.24. The first-order valence-corrected chi connectivity index (χ1v) is 12.2. The SMILES string of the molecule is CCc1ccc(NC(=O)N(CC(=O)N(Cc2ccc3c(c2)OCO3)Cc2ccco2)CC(C)C)cc1. The Labute approximate surface area is 211 Å². The smallest absolute Gasteiger partial charge is 0.322 e. The van der Waals surface area contributed by atoms with E-state index in [4.69, 9.17) is 13.9 Å².